The van der Waals surface area contributed by atoms with Crippen molar-refractivity contribution in [2.45, 2.75) is 0 Å². The SMILES string of the molecule is c1ccc(-c2cccc(N(c3ccc4oc5ccccc5c4c3)c3nc4c(ccc5ccccc54)o3)c2)cc1. The molecule has 39 heavy (non-hydrogen) atoms. The Bertz CT molecular complexity index is 2130. The summed E-state index contributed by atoms with van der Waals surface area (Å²) in [6.07, 6.45) is 0. The normalized spacial score (nSPS) is 11.6. The Morgan fingerprint density at radius 1 is 0.462 bits per heavy atom. The molecule has 2 aromatic heterocycles. The van der Waals surface area contributed by atoms with Gasteiger partial charge in [-0.25, -0.2) is 0 Å². The van der Waals surface area contributed by atoms with Crippen LogP contribution in [0.1, 0.15) is 0 Å². The zero-order valence-corrected chi connectivity index (χ0v) is 20.9. The first kappa shape index (κ1) is 21.7. The van der Waals surface area contributed by atoms with E-state index in [1.165, 1.54) is 0 Å². The molecule has 0 unspecified atom stereocenters. The Balaban J connectivity index is 1.37. The number of hydrogen-bond donors (Lipinski definition) is 0. The lowest BCUT2D eigenvalue weighted by atomic mass is 10.0. The lowest BCUT2D eigenvalue weighted by molar-refractivity contribution is 0.608. The number of aromatic nitrogens is 1. The Hall–Kier alpha value is -5.35. The third kappa shape index (κ3) is 3.57. The Morgan fingerprint density at radius 3 is 2.10 bits per heavy atom. The first-order valence-electron chi connectivity index (χ1n) is 13.0. The molecule has 4 nitrogen and oxygen atoms in total. The number of nitrogens with zero attached hydrogens (tertiary/aromatic N) is 2. The molecule has 0 N–H and O–H groups in total. The summed E-state index contributed by atoms with van der Waals surface area (Å²) in [5, 5.41) is 4.33. The van der Waals surface area contributed by atoms with Gasteiger partial charge in [-0.3, -0.25) is 4.90 Å². The van der Waals surface area contributed by atoms with Crippen LogP contribution in [0.4, 0.5) is 17.4 Å². The highest BCUT2D eigenvalue weighted by Gasteiger charge is 2.21. The van der Waals surface area contributed by atoms with Crippen molar-refractivity contribution in [2.75, 3.05) is 4.90 Å². The zero-order valence-electron chi connectivity index (χ0n) is 20.9. The molecule has 8 rings (SSSR count). The predicted molar refractivity (Wildman–Crippen MR) is 159 cm³/mol. The van der Waals surface area contributed by atoms with Crippen molar-refractivity contribution >= 4 is 61.2 Å². The fraction of sp³-hybridized carbons (Fsp3) is 0. The molecule has 6 aromatic carbocycles. The number of fused-ring (bicyclic) bond motifs is 6. The Kier molecular flexibility index (Phi) is 4.79. The van der Waals surface area contributed by atoms with Crippen LogP contribution in [0.2, 0.25) is 0 Å². The molecule has 0 amide bonds. The van der Waals surface area contributed by atoms with Gasteiger partial charge in [0.1, 0.15) is 16.7 Å². The van der Waals surface area contributed by atoms with Gasteiger partial charge < -0.3 is 8.83 Å². The summed E-state index contributed by atoms with van der Waals surface area (Å²) in [6.45, 7) is 0. The molecule has 0 saturated carbocycles. The first-order chi connectivity index (χ1) is 19.3. The summed E-state index contributed by atoms with van der Waals surface area (Å²) in [5.74, 6) is 0. The van der Waals surface area contributed by atoms with E-state index >= 15 is 0 Å². The summed E-state index contributed by atoms with van der Waals surface area (Å²) in [4.78, 5) is 7.15. The fourth-order valence-electron chi connectivity index (χ4n) is 5.42. The van der Waals surface area contributed by atoms with Crippen LogP contribution in [-0.2, 0) is 0 Å². The van der Waals surface area contributed by atoms with Gasteiger partial charge in [0, 0.05) is 16.2 Å². The summed E-state index contributed by atoms with van der Waals surface area (Å²) in [7, 11) is 0. The van der Waals surface area contributed by atoms with Crippen LogP contribution in [-0.4, -0.2) is 4.98 Å². The number of anilines is 3. The lowest BCUT2D eigenvalue weighted by Gasteiger charge is -2.22. The van der Waals surface area contributed by atoms with E-state index in [1.807, 2.05) is 48.5 Å². The van der Waals surface area contributed by atoms with E-state index in [9.17, 15) is 0 Å². The van der Waals surface area contributed by atoms with Crippen molar-refractivity contribution in [3.63, 3.8) is 0 Å². The molecule has 8 aromatic rings. The third-order valence-electron chi connectivity index (χ3n) is 7.29. The van der Waals surface area contributed by atoms with Crippen molar-refractivity contribution in [3.8, 4) is 11.1 Å². The monoisotopic (exact) mass is 502 g/mol. The van der Waals surface area contributed by atoms with Gasteiger partial charge in [-0.15, -0.1) is 0 Å². The zero-order chi connectivity index (χ0) is 25.8. The van der Waals surface area contributed by atoms with Gasteiger partial charge >= 0.3 is 6.01 Å². The van der Waals surface area contributed by atoms with E-state index in [0.29, 0.717) is 6.01 Å². The lowest BCUT2D eigenvalue weighted by Crippen LogP contribution is -2.10. The van der Waals surface area contributed by atoms with E-state index in [1.54, 1.807) is 0 Å². The number of oxazole rings is 1. The molecule has 0 aliphatic heterocycles. The molecule has 0 radical (unpaired) electrons. The quantitative estimate of drug-likeness (QED) is 0.240. The molecule has 0 saturated heterocycles. The van der Waals surface area contributed by atoms with Gasteiger partial charge in [-0.2, -0.15) is 4.98 Å². The topological polar surface area (TPSA) is 42.4 Å². The highest BCUT2D eigenvalue weighted by atomic mass is 16.4. The molecular weight excluding hydrogens is 480 g/mol. The summed E-state index contributed by atoms with van der Waals surface area (Å²) in [6, 6.07) is 46.1. The van der Waals surface area contributed by atoms with E-state index < -0.39 is 0 Å². The van der Waals surface area contributed by atoms with Crippen LogP contribution in [0, 0.1) is 0 Å². The summed E-state index contributed by atoms with van der Waals surface area (Å²) < 4.78 is 12.6. The third-order valence-corrected chi connectivity index (χ3v) is 7.29. The minimum atomic E-state index is 0.513. The van der Waals surface area contributed by atoms with Crippen LogP contribution in [0.25, 0.3) is 54.9 Å². The fourth-order valence-corrected chi connectivity index (χ4v) is 5.42. The molecule has 0 atom stereocenters. The maximum absolute atomic E-state index is 6.47. The predicted octanol–water partition coefficient (Wildman–Crippen LogP) is 10.0. The number of hydrogen-bond acceptors (Lipinski definition) is 4. The molecule has 2 heterocycles. The van der Waals surface area contributed by atoms with Crippen molar-refractivity contribution in [1.29, 1.82) is 0 Å². The standard InChI is InChI=1S/C35H22N2O2/c1-2-9-23(10-3-1)25-12-8-13-26(21-25)37(27-18-20-32-30(22-27)29-15-6-7-16-31(29)38-32)35-36-34-28-14-5-4-11-24(28)17-19-33(34)39-35/h1-22H. The summed E-state index contributed by atoms with van der Waals surface area (Å²) in [5.41, 5.74) is 7.49. The summed E-state index contributed by atoms with van der Waals surface area (Å²) >= 11 is 0. The molecule has 0 spiro atoms. The average molecular weight is 503 g/mol. The highest BCUT2D eigenvalue weighted by molar-refractivity contribution is 6.07. The number of para-hydroxylation sites is 1. The molecule has 4 heteroatoms. The molecule has 184 valence electrons. The van der Waals surface area contributed by atoms with Gasteiger partial charge in [-0.05, 0) is 59.0 Å². The maximum Gasteiger partial charge on any atom is 0.307 e. The van der Waals surface area contributed by atoms with Gasteiger partial charge in [0.2, 0.25) is 0 Å². The van der Waals surface area contributed by atoms with Crippen molar-refractivity contribution in [2.24, 2.45) is 0 Å². The van der Waals surface area contributed by atoms with Crippen molar-refractivity contribution < 1.29 is 8.83 Å². The van der Waals surface area contributed by atoms with Crippen LogP contribution in [0.15, 0.2) is 142 Å². The second-order valence-corrected chi connectivity index (χ2v) is 9.66. The largest absolute Gasteiger partial charge is 0.456 e. The second kappa shape index (κ2) is 8.61. The number of rotatable bonds is 4. The minimum Gasteiger partial charge on any atom is -0.456 e. The molecule has 0 aliphatic rings. The van der Waals surface area contributed by atoms with Gasteiger partial charge in [0.15, 0.2) is 5.58 Å². The van der Waals surface area contributed by atoms with E-state index in [0.717, 1.165) is 66.3 Å². The van der Waals surface area contributed by atoms with E-state index in [2.05, 4.69) is 89.8 Å². The van der Waals surface area contributed by atoms with Crippen molar-refractivity contribution in [1.82, 2.24) is 4.98 Å². The molecular formula is C35H22N2O2. The van der Waals surface area contributed by atoms with Crippen LogP contribution < -0.4 is 4.90 Å². The van der Waals surface area contributed by atoms with Gasteiger partial charge in [0.05, 0.1) is 11.4 Å². The van der Waals surface area contributed by atoms with Crippen LogP contribution >= 0.6 is 0 Å². The maximum atomic E-state index is 6.47. The smallest absolute Gasteiger partial charge is 0.307 e. The van der Waals surface area contributed by atoms with Crippen LogP contribution in [0.3, 0.4) is 0 Å². The molecule has 0 bridgehead atoms. The van der Waals surface area contributed by atoms with E-state index in [4.69, 9.17) is 13.8 Å². The second-order valence-electron chi connectivity index (χ2n) is 9.66. The Morgan fingerprint density at radius 2 is 1.18 bits per heavy atom. The first-order valence-corrected chi connectivity index (χ1v) is 13.0. The Labute approximate surface area is 224 Å². The van der Waals surface area contributed by atoms with Crippen molar-refractivity contribution in [3.05, 3.63) is 133 Å². The van der Waals surface area contributed by atoms with E-state index in [-0.39, 0.29) is 0 Å². The average Bonchev–Trinajstić information content (AvgIpc) is 3.60. The minimum absolute atomic E-state index is 0.513. The number of furan rings is 1. The number of benzene rings is 6. The van der Waals surface area contributed by atoms with Gasteiger partial charge in [-0.1, -0.05) is 91.0 Å². The molecule has 0 aliphatic carbocycles. The van der Waals surface area contributed by atoms with Crippen LogP contribution in [0.5, 0.6) is 0 Å². The molecule has 0 fully saturated rings. The highest BCUT2D eigenvalue weighted by Crippen LogP contribution is 2.41. The van der Waals surface area contributed by atoms with Gasteiger partial charge in [0.25, 0.3) is 0 Å².